The van der Waals surface area contributed by atoms with Crippen LogP contribution in [-0.4, -0.2) is 73.8 Å². The number of hydrazone groups is 1. The van der Waals surface area contributed by atoms with Crippen molar-refractivity contribution in [3.05, 3.63) is 40.9 Å². The number of hydrogen-bond donors (Lipinski definition) is 1. The smallest absolute Gasteiger partial charge is 0.250 e. The number of morpholine rings is 2. The van der Waals surface area contributed by atoms with Crippen LogP contribution >= 0.6 is 11.6 Å². The Balaban J connectivity index is 1.48. The Hall–Kier alpha value is -2.75. The fourth-order valence-corrected chi connectivity index (χ4v) is 3.31. The molecular weight excluding hydrogens is 406 g/mol. The van der Waals surface area contributed by atoms with Crippen molar-refractivity contribution in [3.8, 4) is 0 Å². The van der Waals surface area contributed by atoms with Gasteiger partial charge < -0.3 is 19.3 Å². The molecule has 2 aromatic rings. The minimum Gasteiger partial charge on any atom is -0.378 e. The molecule has 0 saturated carbocycles. The lowest BCUT2D eigenvalue weighted by molar-refractivity contribution is 0.121. The third-order valence-corrected chi connectivity index (χ3v) is 5.05. The second kappa shape index (κ2) is 10.3. The molecule has 0 radical (unpaired) electrons. The molecule has 0 atom stereocenters. The molecule has 0 bridgehead atoms. The van der Waals surface area contributed by atoms with E-state index in [9.17, 15) is 0 Å². The first-order chi connectivity index (χ1) is 14.8. The molecule has 2 aliphatic heterocycles. The molecular formula is C20H24ClN7O2. The summed E-state index contributed by atoms with van der Waals surface area (Å²) in [4.78, 5) is 18.0. The maximum absolute atomic E-state index is 6.15. The Morgan fingerprint density at radius 1 is 0.900 bits per heavy atom. The SMILES string of the molecule is Clc1ccccc1/C=C\C=NNc1nc(N2CCOCC2)nc(N2CCOCC2)n1. The molecule has 1 aromatic carbocycles. The van der Waals surface area contributed by atoms with Crippen molar-refractivity contribution in [3.63, 3.8) is 0 Å². The van der Waals surface area contributed by atoms with Gasteiger partial charge in [-0.05, 0) is 17.7 Å². The van der Waals surface area contributed by atoms with Crippen LogP contribution in [0.1, 0.15) is 5.56 Å². The fraction of sp³-hybridized carbons (Fsp3) is 0.400. The van der Waals surface area contributed by atoms with Crippen molar-refractivity contribution in [2.45, 2.75) is 0 Å². The van der Waals surface area contributed by atoms with E-state index in [1.165, 1.54) is 0 Å². The second-order valence-corrected chi connectivity index (χ2v) is 7.14. The van der Waals surface area contributed by atoms with Crippen LogP contribution in [-0.2, 0) is 9.47 Å². The number of rotatable bonds is 6. The average molecular weight is 430 g/mol. The summed E-state index contributed by atoms with van der Waals surface area (Å²) < 4.78 is 10.9. The zero-order chi connectivity index (χ0) is 20.6. The molecule has 1 aromatic heterocycles. The highest BCUT2D eigenvalue weighted by molar-refractivity contribution is 6.32. The Kier molecular flexibility index (Phi) is 7.07. The number of aromatic nitrogens is 3. The first-order valence-corrected chi connectivity index (χ1v) is 10.3. The maximum atomic E-state index is 6.15. The minimum atomic E-state index is 0.398. The van der Waals surface area contributed by atoms with Crippen molar-refractivity contribution in [2.24, 2.45) is 5.10 Å². The summed E-state index contributed by atoms with van der Waals surface area (Å²) >= 11 is 6.15. The summed E-state index contributed by atoms with van der Waals surface area (Å²) in [5, 5.41) is 4.91. The van der Waals surface area contributed by atoms with Crippen LogP contribution in [0.5, 0.6) is 0 Å². The van der Waals surface area contributed by atoms with E-state index in [-0.39, 0.29) is 0 Å². The van der Waals surface area contributed by atoms with Gasteiger partial charge in [-0.15, -0.1) is 0 Å². The minimum absolute atomic E-state index is 0.398. The number of benzene rings is 1. The zero-order valence-electron chi connectivity index (χ0n) is 16.6. The molecule has 30 heavy (non-hydrogen) atoms. The van der Waals surface area contributed by atoms with Gasteiger partial charge in [0.2, 0.25) is 17.8 Å². The molecule has 10 heteroatoms. The highest BCUT2D eigenvalue weighted by Crippen LogP contribution is 2.19. The number of nitrogens with zero attached hydrogens (tertiary/aromatic N) is 6. The number of ether oxygens (including phenoxy) is 2. The van der Waals surface area contributed by atoms with Gasteiger partial charge >= 0.3 is 0 Å². The highest BCUT2D eigenvalue weighted by Gasteiger charge is 2.20. The van der Waals surface area contributed by atoms with Gasteiger partial charge in [0, 0.05) is 37.4 Å². The summed E-state index contributed by atoms with van der Waals surface area (Å²) in [6.07, 6.45) is 5.33. The summed E-state index contributed by atoms with van der Waals surface area (Å²) in [5.74, 6) is 1.65. The Labute approximate surface area is 180 Å². The highest BCUT2D eigenvalue weighted by atomic mass is 35.5. The van der Waals surface area contributed by atoms with E-state index in [4.69, 9.17) is 21.1 Å². The first-order valence-electron chi connectivity index (χ1n) is 9.91. The predicted octanol–water partition coefficient (Wildman–Crippen LogP) is 2.31. The van der Waals surface area contributed by atoms with Crippen LogP contribution in [0.25, 0.3) is 6.08 Å². The molecule has 2 aliphatic rings. The second-order valence-electron chi connectivity index (χ2n) is 6.73. The Bertz CT molecular complexity index is 860. The quantitative estimate of drug-likeness (QED) is 0.553. The van der Waals surface area contributed by atoms with Crippen LogP contribution in [0, 0.1) is 0 Å². The van der Waals surface area contributed by atoms with Crippen molar-refractivity contribution in [1.82, 2.24) is 15.0 Å². The Morgan fingerprint density at radius 2 is 1.50 bits per heavy atom. The van der Waals surface area contributed by atoms with E-state index >= 15 is 0 Å². The maximum Gasteiger partial charge on any atom is 0.250 e. The number of halogens is 1. The van der Waals surface area contributed by atoms with Gasteiger partial charge in [-0.2, -0.15) is 20.1 Å². The fourth-order valence-electron chi connectivity index (χ4n) is 3.11. The number of allylic oxidation sites excluding steroid dienone is 1. The van der Waals surface area contributed by atoms with Crippen LogP contribution in [0.3, 0.4) is 0 Å². The molecule has 2 saturated heterocycles. The van der Waals surface area contributed by atoms with E-state index in [2.05, 4.69) is 35.3 Å². The van der Waals surface area contributed by atoms with Gasteiger partial charge in [0.05, 0.1) is 26.4 Å². The first kappa shape index (κ1) is 20.5. The lowest BCUT2D eigenvalue weighted by Gasteiger charge is -2.30. The normalized spacial score (nSPS) is 17.8. The topological polar surface area (TPSA) is 88.0 Å². The summed E-state index contributed by atoms with van der Waals surface area (Å²) in [6.45, 7) is 5.62. The summed E-state index contributed by atoms with van der Waals surface area (Å²) in [6, 6.07) is 7.62. The molecule has 2 fully saturated rings. The van der Waals surface area contributed by atoms with Crippen molar-refractivity contribution in [1.29, 1.82) is 0 Å². The van der Waals surface area contributed by atoms with Crippen molar-refractivity contribution in [2.75, 3.05) is 67.8 Å². The van der Waals surface area contributed by atoms with Gasteiger partial charge in [0.25, 0.3) is 0 Å². The molecule has 0 spiro atoms. The van der Waals surface area contributed by atoms with Gasteiger partial charge in [-0.3, -0.25) is 0 Å². The van der Waals surface area contributed by atoms with Gasteiger partial charge in [-0.1, -0.05) is 35.9 Å². The molecule has 0 amide bonds. The van der Waals surface area contributed by atoms with Crippen LogP contribution in [0.2, 0.25) is 5.02 Å². The number of anilines is 3. The van der Waals surface area contributed by atoms with Crippen LogP contribution < -0.4 is 15.2 Å². The van der Waals surface area contributed by atoms with E-state index in [1.807, 2.05) is 30.3 Å². The molecule has 0 unspecified atom stereocenters. The lowest BCUT2D eigenvalue weighted by atomic mass is 10.2. The third kappa shape index (κ3) is 5.44. The molecule has 3 heterocycles. The molecule has 0 aliphatic carbocycles. The van der Waals surface area contributed by atoms with Crippen LogP contribution in [0.15, 0.2) is 35.4 Å². The Morgan fingerprint density at radius 3 is 2.10 bits per heavy atom. The van der Waals surface area contributed by atoms with E-state index in [0.29, 0.717) is 49.3 Å². The molecule has 9 nitrogen and oxygen atoms in total. The van der Waals surface area contributed by atoms with E-state index in [1.54, 1.807) is 12.3 Å². The summed E-state index contributed by atoms with van der Waals surface area (Å²) in [7, 11) is 0. The van der Waals surface area contributed by atoms with E-state index < -0.39 is 0 Å². The predicted molar refractivity (Wildman–Crippen MR) is 118 cm³/mol. The van der Waals surface area contributed by atoms with E-state index in [0.717, 1.165) is 31.7 Å². The van der Waals surface area contributed by atoms with Crippen molar-refractivity contribution < 1.29 is 9.47 Å². The average Bonchev–Trinajstić information content (AvgIpc) is 2.81. The van der Waals surface area contributed by atoms with Gasteiger partial charge in [0.1, 0.15) is 0 Å². The largest absolute Gasteiger partial charge is 0.378 e. The summed E-state index contributed by atoms with van der Waals surface area (Å²) in [5.41, 5.74) is 3.84. The van der Waals surface area contributed by atoms with Crippen LogP contribution in [0.4, 0.5) is 17.8 Å². The zero-order valence-corrected chi connectivity index (χ0v) is 17.3. The van der Waals surface area contributed by atoms with Crippen molar-refractivity contribution >= 4 is 41.7 Å². The van der Waals surface area contributed by atoms with Gasteiger partial charge in [0.15, 0.2) is 0 Å². The standard InChI is InChI=1S/C20H24ClN7O2/c21-17-6-2-1-4-16(17)5-3-7-22-26-18-23-19(27-8-12-29-13-9-27)25-20(24-18)28-10-14-30-15-11-28/h1-7H,8-15H2,(H,23,24,25,26)/b5-3-,22-7?. The molecule has 158 valence electrons. The van der Waals surface area contributed by atoms with Gasteiger partial charge in [-0.25, -0.2) is 5.43 Å². The number of nitrogens with one attached hydrogen (secondary N) is 1. The molecule has 4 rings (SSSR count). The monoisotopic (exact) mass is 429 g/mol. The third-order valence-electron chi connectivity index (χ3n) is 4.71. The molecule has 1 N–H and O–H groups in total. The lowest BCUT2D eigenvalue weighted by Crippen LogP contribution is -2.40. The number of hydrogen-bond acceptors (Lipinski definition) is 9.